The first kappa shape index (κ1) is 14.1. The van der Waals surface area contributed by atoms with Crippen LogP contribution in [0.15, 0.2) is 12.1 Å². The summed E-state index contributed by atoms with van der Waals surface area (Å²) in [5.41, 5.74) is 3.90. The number of amides is 2. The maximum absolute atomic E-state index is 12.4. The minimum absolute atomic E-state index is 0.0631. The van der Waals surface area contributed by atoms with Crippen molar-refractivity contribution in [2.24, 2.45) is 0 Å². The maximum atomic E-state index is 12.4. The van der Waals surface area contributed by atoms with Crippen molar-refractivity contribution in [1.82, 2.24) is 0 Å². The molecule has 4 heteroatoms. The fourth-order valence-corrected chi connectivity index (χ4v) is 3.61. The summed E-state index contributed by atoms with van der Waals surface area (Å²) >= 11 is 1.55. The largest absolute Gasteiger partial charge is 0.274 e. The summed E-state index contributed by atoms with van der Waals surface area (Å²) in [5.74, 6) is 0.710. The third-order valence-electron chi connectivity index (χ3n) is 3.33. The number of aryl methyl sites for hydroxylation is 3. The molecule has 0 N–H and O–H groups in total. The number of imide groups is 1. The second kappa shape index (κ2) is 5.37. The molecular formula is C15H19NO2S. The first-order valence-electron chi connectivity index (χ1n) is 6.52. The molecule has 19 heavy (non-hydrogen) atoms. The molecule has 3 nitrogen and oxygen atoms in total. The van der Waals surface area contributed by atoms with E-state index in [0.29, 0.717) is 6.42 Å². The van der Waals surface area contributed by atoms with Crippen LogP contribution < -0.4 is 4.90 Å². The van der Waals surface area contributed by atoms with Crippen LogP contribution in [0, 0.1) is 20.8 Å². The summed E-state index contributed by atoms with van der Waals surface area (Å²) < 4.78 is 0. The van der Waals surface area contributed by atoms with Crippen molar-refractivity contribution in [3.63, 3.8) is 0 Å². The zero-order chi connectivity index (χ0) is 14.2. The average molecular weight is 277 g/mol. The molecule has 2 amide bonds. The second-order valence-corrected chi connectivity index (χ2v) is 6.44. The van der Waals surface area contributed by atoms with Crippen LogP contribution >= 0.6 is 11.8 Å². The number of carbonyl (C=O) groups is 2. The number of benzene rings is 1. The molecule has 1 aromatic rings. The van der Waals surface area contributed by atoms with Gasteiger partial charge in [-0.3, -0.25) is 9.59 Å². The van der Waals surface area contributed by atoms with Gasteiger partial charge in [0.1, 0.15) is 0 Å². The van der Waals surface area contributed by atoms with Crippen molar-refractivity contribution < 1.29 is 9.59 Å². The molecule has 0 radical (unpaired) electrons. The fraction of sp³-hybridized carbons (Fsp3) is 0.467. The number of thioether (sulfide) groups is 1. The number of rotatable bonds is 3. The van der Waals surface area contributed by atoms with Crippen LogP contribution in [0.4, 0.5) is 5.69 Å². The van der Waals surface area contributed by atoms with E-state index >= 15 is 0 Å². The third-order valence-corrected chi connectivity index (χ3v) is 4.44. The van der Waals surface area contributed by atoms with E-state index in [2.05, 4.69) is 0 Å². The Balaban J connectivity index is 2.42. The van der Waals surface area contributed by atoms with Gasteiger partial charge in [0.2, 0.25) is 11.8 Å². The summed E-state index contributed by atoms with van der Waals surface area (Å²) in [6, 6.07) is 4.03. The molecule has 0 saturated carbocycles. The Labute approximate surface area is 118 Å². The number of carbonyl (C=O) groups excluding carboxylic acids is 2. The molecule has 102 valence electrons. The van der Waals surface area contributed by atoms with Crippen molar-refractivity contribution >= 4 is 29.3 Å². The van der Waals surface area contributed by atoms with Gasteiger partial charge in [-0.1, -0.05) is 24.6 Å². The zero-order valence-corrected chi connectivity index (χ0v) is 12.6. The van der Waals surface area contributed by atoms with E-state index in [0.717, 1.165) is 28.1 Å². The molecule has 2 rings (SSSR count). The lowest BCUT2D eigenvalue weighted by atomic mass is 10.0. The van der Waals surface area contributed by atoms with Crippen LogP contribution in [0.1, 0.15) is 30.0 Å². The van der Waals surface area contributed by atoms with Gasteiger partial charge in [0.05, 0.1) is 10.9 Å². The van der Waals surface area contributed by atoms with Gasteiger partial charge < -0.3 is 0 Å². The van der Waals surface area contributed by atoms with E-state index in [-0.39, 0.29) is 17.1 Å². The number of nitrogens with zero attached hydrogens (tertiary/aromatic N) is 1. The van der Waals surface area contributed by atoms with E-state index in [1.165, 1.54) is 4.90 Å². The summed E-state index contributed by atoms with van der Waals surface area (Å²) in [4.78, 5) is 25.9. The summed E-state index contributed by atoms with van der Waals surface area (Å²) in [6.45, 7) is 7.94. The Kier molecular flexibility index (Phi) is 3.99. The normalized spacial score (nSPS) is 19.4. The SMILES string of the molecule is CCS[C@@H]1CC(=O)N(c2c(C)cc(C)cc2C)C1=O. The lowest BCUT2D eigenvalue weighted by Gasteiger charge is -2.20. The minimum atomic E-state index is -0.211. The summed E-state index contributed by atoms with van der Waals surface area (Å²) in [7, 11) is 0. The van der Waals surface area contributed by atoms with Crippen LogP contribution in [0.25, 0.3) is 0 Å². The first-order valence-corrected chi connectivity index (χ1v) is 7.56. The van der Waals surface area contributed by atoms with Crippen LogP contribution in [-0.2, 0) is 9.59 Å². The van der Waals surface area contributed by atoms with Crippen LogP contribution in [0.3, 0.4) is 0 Å². The molecule has 1 aliphatic rings. The van der Waals surface area contributed by atoms with Crippen LogP contribution in [-0.4, -0.2) is 22.8 Å². The third kappa shape index (κ3) is 2.54. The van der Waals surface area contributed by atoms with Crippen molar-refractivity contribution in [3.05, 3.63) is 28.8 Å². The van der Waals surface area contributed by atoms with Gasteiger partial charge in [-0.2, -0.15) is 0 Å². The molecule has 0 spiro atoms. The fourth-order valence-electron chi connectivity index (χ4n) is 2.70. The van der Waals surface area contributed by atoms with E-state index in [9.17, 15) is 9.59 Å². The van der Waals surface area contributed by atoms with E-state index < -0.39 is 0 Å². The standard InChI is InChI=1S/C15H19NO2S/c1-5-19-12-8-13(17)16(15(12)18)14-10(3)6-9(2)7-11(14)4/h6-7,12H,5,8H2,1-4H3/t12-/m1/s1. The highest BCUT2D eigenvalue weighted by atomic mass is 32.2. The Morgan fingerprint density at radius 1 is 1.21 bits per heavy atom. The van der Waals surface area contributed by atoms with Gasteiger partial charge in [0, 0.05) is 6.42 Å². The number of anilines is 1. The topological polar surface area (TPSA) is 37.4 Å². The first-order chi connectivity index (χ1) is 8.95. The second-order valence-electron chi connectivity index (χ2n) is 4.96. The van der Waals surface area contributed by atoms with Crippen molar-refractivity contribution in [1.29, 1.82) is 0 Å². The van der Waals surface area contributed by atoms with Gasteiger partial charge >= 0.3 is 0 Å². The maximum Gasteiger partial charge on any atom is 0.247 e. The highest BCUT2D eigenvalue weighted by Gasteiger charge is 2.40. The number of hydrogen-bond donors (Lipinski definition) is 0. The average Bonchev–Trinajstić information content (AvgIpc) is 2.56. The van der Waals surface area contributed by atoms with Gasteiger partial charge in [0.25, 0.3) is 0 Å². The summed E-state index contributed by atoms with van der Waals surface area (Å²) in [6.07, 6.45) is 0.324. The van der Waals surface area contributed by atoms with Crippen molar-refractivity contribution in [2.45, 2.75) is 39.4 Å². The van der Waals surface area contributed by atoms with Gasteiger partial charge in [-0.15, -0.1) is 11.8 Å². The van der Waals surface area contributed by atoms with Gasteiger partial charge in [-0.25, -0.2) is 4.90 Å². The number of hydrogen-bond acceptors (Lipinski definition) is 3. The van der Waals surface area contributed by atoms with Crippen molar-refractivity contribution in [3.8, 4) is 0 Å². The van der Waals surface area contributed by atoms with E-state index in [1.807, 2.05) is 39.8 Å². The predicted octanol–water partition coefficient (Wildman–Crippen LogP) is 3.00. The smallest absolute Gasteiger partial charge is 0.247 e. The molecule has 1 saturated heterocycles. The quantitative estimate of drug-likeness (QED) is 0.797. The van der Waals surface area contributed by atoms with Gasteiger partial charge in [-0.05, 0) is 37.7 Å². The molecule has 1 aliphatic heterocycles. The molecule has 0 unspecified atom stereocenters. The van der Waals surface area contributed by atoms with Crippen LogP contribution in [0.5, 0.6) is 0 Å². The monoisotopic (exact) mass is 277 g/mol. The van der Waals surface area contributed by atoms with Crippen molar-refractivity contribution in [2.75, 3.05) is 10.7 Å². The minimum Gasteiger partial charge on any atom is -0.274 e. The molecule has 1 atom stereocenters. The Hall–Kier alpha value is -1.29. The molecule has 0 aromatic heterocycles. The zero-order valence-electron chi connectivity index (χ0n) is 11.8. The summed E-state index contributed by atoms with van der Waals surface area (Å²) in [5, 5.41) is -0.211. The Bertz CT molecular complexity index is 516. The Morgan fingerprint density at radius 3 is 2.32 bits per heavy atom. The van der Waals surface area contributed by atoms with Crippen LogP contribution in [0.2, 0.25) is 0 Å². The van der Waals surface area contributed by atoms with E-state index in [4.69, 9.17) is 0 Å². The lowest BCUT2D eigenvalue weighted by Crippen LogP contribution is -2.32. The molecule has 0 bridgehead atoms. The van der Waals surface area contributed by atoms with E-state index in [1.54, 1.807) is 11.8 Å². The van der Waals surface area contributed by atoms with Gasteiger partial charge in [0.15, 0.2) is 0 Å². The highest BCUT2D eigenvalue weighted by molar-refractivity contribution is 8.00. The lowest BCUT2D eigenvalue weighted by molar-refractivity contribution is -0.121. The molecule has 1 aromatic carbocycles. The molecule has 0 aliphatic carbocycles. The predicted molar refractivity (Wildman–Crippen MR) is 79.7 cm³/mol. The molecule has 1 heterocycles. The molecular weight excluding hydrogens is 258 g/mol. The highest BCUT2D eigenvalue weighted by Crippen LogP contribution is 2.34. The Morgan fingerprint density at radius 2 is 1.79 bits per heavy atom. The molecule has 1 fully saturated rings.